The van der Waals surface area contributed by atoms with E-state index in [1.54, 1.807) is 22.7 Å². The van der Waals surface area contributed by atoms with Crippen molar-refractivity contribution in [3.63, 3.8) is 0 Å². The number of benzene rings is 2. The van der Waals surface area contributed by atoms with Crippen LogP contribution >= 0.6 is 34.3 Å². The van der Waals surface area contributed by atoms with E-state index in [9.17, 15) is 24.3 Å². The van der Waals surface area contributed by atoms with Gasteiger partial charge < -0.3 is 25.5 Å². The number of thiazole rings is 1. The van der Waals surface area contributed by atoms with Crippen LogP contribution in [-0.4, -0.2) is 150 Å². The number of fused-ring (bicyclic) bond motifs is 3. The second kappa shape index (κ2) is 21.5. The highest BCUT2D eigenvalue weighted by Crippen LogP contribution is 2.40. The molecule has 3 N–H and O–H groups in total. The Morgan fingerprint density at radius 3 is 2.26 bits per heavy atom. The van der Waals surface area contributed by atoms with E-state index in [-0.39, 0.29) is 61.6 Å². The van der Waals surface area contributed by atoms with Gasteiger partial charge in [0.25, 0.3) is 0 Å². The topological polar surface area (TPSA) is 181 Å². The number of piperazine rings is 1. The Kier molecular flexibility index (Phi) is 15.4. The van der Waals surface area contributed by atoms with Crippen molar-refractivity contribution in [3.05, 3.63) is 104 Å². The van der Waals surface area contributed by atoms with Crippen LogP contribution in [0, 0.1) is 33.1 Å². The first-order valence-corrected chi connectivity index (χ1v) is 27.5. The van der Waals surface area contributed by atoms with Gasteiger partial charge in [0.05, 0.1) is 46.9 Å². The van der Waals surface area contributed by atoms with E-state index >= 15 is 0 Å². The molecule has 388 valence electrons. The summed E-state index contributed by atoms with van der Waals surface area (Å²) in [5.41, 5.74) is 8.02. The van der Waals surface area contributed by atoms with Crippen LogP contribution < -0.4 is 10.6 Å². The number of thiophene rings is 1. The van der Waals surface area contributed by atoms with Crippen molar-refractivity contribution >= 4 is 63.6 Å². The van der Waals surface area contributed by atoms with Gasteiger partial charge >= 0.3 is 0 Å². The number of rotatable bonds is 12. The van der Waals surface area contributed by atoms with E-state index < -0.39 is 29.6 Å². The molecule has 73 heavy (non-hydrogen) atoms. The third kappa shape index (κ3) is 11.1. The van der Waals surface area contributed by atoms with Crippen LogP contribution in [-0.2, 0) is 19.2 Å². The number of likely N-dealkylation sites (tertiary alicyclic amines) is 2. The van der Waals surface area contributed by atoms with Gasteiger partial charge in [-0.25, -0.2) is 4.98 Å². The van der Waals surface area contributed by atoms with Crippen molar-refractivity contribution < 1.29 is 24.3 Å². The van der Waals surface area contributed by atoms with E-state index in [1.165, 1.54) is 9.78 Å². The Labute approximate surface area is 441 Å². The minimum Gasteiger partial charge on any atom is -0.391 e. The van der Waals surface area contributed by atoms with Crippen LogP contribution in [0.5, 0.6) is 0 Å². The number of nitrogens with one attached hydrogen (secondary N) is 2. The number of hydrogen-bond donors (Lipinski definition) is 3. The van der Waals surface area contributed by atoms with Gasteiger partial charge in [0, 0.05) is 78.8 Å². The van der Waals surface area contributed by atoms with Gasteiger partial charge in [0.2, 0.25) is 23.6 Å². The molecule has 3 fully saturated rings. The molecular formula is C54H68ClN11O5S2. The fourth-order valence-electron chi connectivity index (χ4n) is 10.9. The molecule has 0 aliphatic carbocycles. The van der Waals surface area contributed by atoms with Crippen molar-refractivity contribution in [2.75, 3.05) is 45.8 Å². The molecule has 5 aromatic rings. The summed E-state index contributed by atoms with van der Waals surface area (Å²) in [6, 6.07) is 13.4. The van der Waals surface area contributed by atoms with Gasteiger partial charge in [0.15, 0.2) is 5.82 Å². The fraction of sp³-hybridized carbons (Fsp3) is 0.519. The third-order valence-electron chi connectivity index (χ3n) is 15.3. The van der Waals surface area contributed by atoms with Crippen molar-refractivity contribution in [1.82, 2.24) is 50.0 Å². The average molecular weight is 1050 g/mol. The number of β-amino-alcohol motifs (C(OH)–C–C–N with tert-alkyl or cyclic N) is 1. The summed E-state index contributed by atoms with van der Waals surface area (Å²) in [6.07, 6.45) is 1.10. The number of aryl methyl sites for hydroxylation is 3. The van der Waals surface area contributed by atoms with Crippen LogP contribution in [0.4, 0.5) is 0 Å². The molecule has 0 saturated carbocycles. The van der Waals surface area contributed by atoms with Crippen molar-refractivity contribution in [2.45, 2.75) is 130 Å². The minimum absolute atomic E-state index is 0.00344. The fourth-order valence-corrected chi connectivity index (χ4v) is 13.1. The zero-order valence-electron chi connectivity index (χ0n) is 43.3. The first-order valence-electron chi connectivity index (χ1n) is 25.5. The number of aliphatic hydroxyl groups is 1. The van der Waals surface area contributed by atoms with Crippen LogP contribution in [0.1, 0.15) is 117 Å². The van der Waals surface area contributed by atoms with E-state index in [1.807, 2.05) is 100 Å². The molecule has 3 saturated heterocycles. The summed E-state index contributed by atoms with van der Waals surface area (Å²) < 4.78 is 2.08. The SMILES string of the molecule is Cc1ncsc1-c1ccc(C(C)NC(=O)[C@@H]2C[C@@H](O)CN2C(=O)[C@@H](NC(=O)CN2CCN(C3CCN(C(=O)C[C@@H]4N=C(c5ccc(Cl)cc5)c5c(sc(C)c5C)-n5c(C)nnc54)CC3)C[C@@H]2C)C(C)(C)C)cc1. The molecule has 16 nitrogen and oxygen atoms in total. The summed E-state index contributed by atoms with van der Waals surface area (Å²) in [5, 5.41) is 27.7. The van der Waals surface area contributed by atoms with Crippen LogP contribution in [0.3, 0.4) is 0 Å². The Balaban J connectivity index is 0.779. The predicted octanol–water partition coefficient (Wildman–Crippen LogP) is 6.99. The lowest BCUT2D eigenvalue weighted by atomic mass is 9.85. The molecule has 3 aromatic heterocycles. The molecule has 0 spiro atoms. The largest absolute Gasteiger partial charge is 0.391 e. The summed E-state index contributed by atoms with van der Waals surface area (Å²) in [6.45, 7) is 21.5. The minimum atomic E-state index is -0.922. The highest BCUT2D eigenvalue weighted by molar-refractivity contribution is 7.15. The van der Waals surface area contributed by atoms with Crippen LogP contribution in [0.15, 0.2) is 59.0 Å². The molecule has 4 aliphatic rings. The van der Waals surface area contributed by atoms with E-state index in [2.05, 4.69) is 61.0 Å². The number of carbonyl (C=O) groups excluding carboxylic acids is 4. The normalized spacial score (nSPS) is 21.8. The van der Waals surface area contributed by atoms with Crippen LogP contribution in [0.25, 0.3) is 15.4 Å². The number of hydrogen-bond acceptors (Lipinski definition) is 13. The van der Waals surface area contributed by atoms with Gasteiger partial charge in [-0.05, 0) is 88.6 Å². The molecule has 19 heteroatoms. The smallest absolute Gasteiger partial charge is 0.246 e. The number of aliphatic hydroxyl groups excluding tert-OH is 1. The number of amides is 4. The molecule has 9 rings (SSSR count). The van der Waals surface area contributed by atoms with Crippen molar-refractivity contribution in [2.24, 2.45) is 10.4 Å². The maximum Gasteiger partial charge on any atom is 0.246 e. The molecule has 1 unspecified atom stereocenters. The Hall–Kier alpha value is -5.37. The second-order valence-corrected chi connectivity index (χ2v) is 23.9. The number of nitrogens with zero attached hydrogens (tertiary/aromatic N) is 9. The highest BCUT2D eigenvalue weighted by atomic mass is 35.5. The number of aromatic nitrogens is 4. The van der Waals surface area contributed by atoms with Gasteiger partial charge in [-0.3, -0.25) is 38.5 Å². The summed E-state index contributed by atoms with van der Waals surface area (Å²) >= 11 is 9.59. The highest BCUT2D eigenvalue weighted by Gasteiger charge is 2.45. The molecule has 0 radical (unpaired) electrons. The number of aliphatic imine (C=N–C) groups is 1. The molecule has 0 bridgehead atoms. The number of piperidine rings is 1. The Bertz CT molecular complexity index is 2880. The van der Waals surface area contributed by atoms with E-state index in [0.717, 1.165) is 80.9 Å². The summed E-state index contributed by atoms with van der Waals surface area (Å²) in [4.78, 5) is 76.4. The van der Waals surface area contributed by atoms with Gasteiger partial charge in [-0.15, -0.1) is 32.9 Å². The lowest BCUT2D eigenvalue weighted by Gasteiger charge is -2.45. The molecular weight excluding hydrogens is 982 g/mol. The second-order valence-electron chi connectivity index (χ2n) is 21.4. The summed E-state index contributed by atoms with van der Waals surface area (Å²) in [7, 11) is 0. The van der Waals surface area contributed by atoms with Gasteiger partial charge in [-0.1, -0.05) is 68.8 Å². The van der Waals surface area contributed by atoms with E-state index in [0.29, 0.717) is 36.5 Å². The number of halogens is 1. The molecule has 6 atom stereocenters. The van der Waals surface area contributed by atoms with Gasteiger partial charge in [0.1, 0.15) is 29.0 Å². The van der Waals surface area contributed by atoms with Crippen molar-refractivity contribution in [3.8, 4) is 15.4 Å². The first kappa shape index (κ1) is 52.5. The zero-order valence-corrected chi connectivity index (χ0v) is 45.7. The zero-order chi connectivity index (χ0) is 52.0. The standard InChI is InChI=1S/C54H68ClN11O5S2/c1-30-26-64(40-18-20-62(21-19-40)45(69)25-42-50-61-60-35(6)66(50)53-46(31(2)34(5)73-53)47(58-42)37-14-16-39(55)17-15-37)23-22-63(30)28-44(68)59-49(54(7,8)9)52(71)65-27-41(67)24-43(65)51(70)57-32(3)36-10-12-38(13-11-36)48-33(4)56-29-72-48/h10-17,29-30,32,40-43,49,67H,18-28H2,1-9H3,(H,57,70)(H,59,68)/t30-,32?,41+,42-,43-,49+/m0/s1. The monoisotopic (exact) mass is 1050 g/mol. The lowest BCUT2D eigenvalue weighted by Crippen LogP contribution is -2.61. The molecule has 4 amide bonds. The number of carbonyl (C=O) groups is 4. The lowest BCUT2D eigenvalue weighted by molar-refractivity contribution is -0.144. The predicted molar refractivity (Wildman–Crippen MR) is 286 cm³/mol. The quantitative estimate of drug-likeness (QED) is 0.118. The third-order valence-corrected chi connectivity index (χ3v) is 17.7. The maximum atomic E-state index is 14.4. The first-order chi connectivity index (χ1) is 34.7. The molecule has 2 aromatic carbocycles. The van der Waals surface area contributed by atoms with Gasteiger partial charge in [-0.2, -0.15) is 0 Å². The average Bonchev–Trinajstić information content (AvgIpc) is 4.13. The van der Waals surface area contributed by atoms with Crippen LogP contribution in [0.2, 0.25) is 5.02 Å². The molecule has 7 heterocycles. The molecule has 4 aliphatic heterocycles. The maximum absolute atomic E-state index is 14.4. The van der Waals surface area contributed by atoms with Crippen molar-refractivity contribution in [1.29, 1.82) is 0 Å². The summed E-state index contributed by atoms with van der Waals surface area (Å²) in [5.74, 6) is 0.464. The Morgan fingerprint density at radius 1 is 0.904 bits per heavy atom. The van der Waals surface area contributed by atoms with E-state index in [4.69, 9.17) is 16.6 Å². The Morgan fingerprint density at radius 2 is 1.60 bits per heavy atom.